The molecule has 5 rings (SSSR count). The lowest BCUT2D eigenvalue weighted by Crippen LogP contribution is -2.44. The van der Waals surface area contributed by atoms with Crippen molar-refractivity contribution in [3.05, 3.63) is 90.0 Å². The number of urea groups is 1. The number of benzene rings is 3. The molecule has 0 saturated carbocycles. The van der Waals surface area contributed by atoms with E-state index in [1.165, 1.54) is 42.5 Å². The van der Waals surface area contributed by atoms with Gasteiger partial charge in [-0.1, -0.05) is 16.4 Å². The minimum Gasteiger partial charge on any atom is -0.480 e. The van der Waals surface area contributed by atoms with Crippen LogP contribution in [0.5, 0.6) is 0 Å². The summed E-state index contributed by atoms with van der Waals surface area (Å²) in [6.07, 6.45) is -0.858. The summed E-state index contributed by atoms with van der Waals surface area (Å²) in [7, 11) is 0. The predicted octanol–water partition coefficient (Wildman–Crippen LogP) is 6.50. The third-order valence-electron chi connectivity index (χ3n) is 6.40. The van der Waals surface area contributed by atoms with Gasteiger partial charge in [0.2, 0.25) is 5.82 Å². The SMILES string of the molecule is CC(C)(C)OC(=O)Nc1ccc(-c2nc(-c3ccc(CC(NC(=O)Nc4cc(-c5ccc(F)cc5)on4)C(=O)O)cc3F)no2)cc1. The molecule has 5 aromatic rings. The summed E-state index contributed by atoms with van der Waals surface area (Å²) in [5, 5.41) is 24.5. The molecule has 1 unspecified atom stereocenters. The molecule has 15 heteroatoms. The summed E-state index contributed by atoms with van der Waals surface area (Å²) in [6.45, 7) is 5.25. The largest absolute Gasteiger partial charge is 0.480 e. The van der Waals surface area contributed by atoms with Gasteiger partial charge in [0.25, 0.3) is 5.89 Å². The molecule has 0 aliphatic rings. The van der Waals surface area contributed by atoms with Crippen LogP contribution in [-0.2, 0) is 16.0 Å². The summed E-state index contributed by atoms with van der Waals surface area (Å²) >= 11 is 0. The van der Waals surface area contributed by atoms with Gasteiger partial charge in [0.05, 0.1) is 5.56 Å². The molecule has 47 heavy (non-hydrogen) atoms. The second-order valence-corrected chi connectivity index (χ2v) is 11.2. The Balaban J connectivity index is 1.20. The fourth-order valence-corrected chi connectivity index (χ4v) is 4.27. The fraction of sp³-hybridized carbons (Fsp3) is 0.188. The molecule has 1 atom stereocenters. The van der Waals surface area contributed by atoms with Crippen molar-refractivity contribution in [2.45, 2.75) is 38.8 Å². The number of carbonyl (C=O) groups is 3. The van der Waals surface area contributed by atoms with Crippen molar-refractivity contribution >= 4 is 29.6 Å². The standard InChI is InChI=1S/C32H28F2N6O7/c1-32(2,3)45-31(44)35-21-11-7-19(8-12-21)28-38-27(40-47-28)22-13-4-17(14-23(22)34)15-24(29(41)42)36-30(43)37-26-16-25(46-39-26)18-5-9-20(33)10-6-18/h4-14,16,24H,15H2,1-3H3,(H,35,44)(H,41,42)(H2,36,37,39,43). The van der Waals surface area contributed by atoms with E-state index < -0.39 is 41.4 Å². The molecule has 4 N–H and O–H groups in total. The van der Waals surface area contributed by atoms with Crippen molar-refractivity contribution in [2.75, 3.05) is 10.6 Å². The third-order valence-corrected chi connectivity index (χ3v) is 6.40. The van der Waals surface area contributed by atoms with Crippen molar-refractivity contribution in [2.24, 2.45) is 0 Å². The Morgan fingerprint density at radius 2 is 1.60 bits per heavy atom. The molecule has 0 aliphatic carbocycles. The first-order valence-corrected chi connectivity index (χ1v) is 14.1. The molecule has 3 amide bonds. The Kier molecular flexibility index (Phi) is 9.26. The average Bonchev–Trinajstić information content (AvgIpc) is 3.67. The van der Waals surface area contributed by atoms with Gasteiger partial charge in [-0.25, -0.2) is 23.2 Å². The van der Waals surface area contributed by atoms with Crippen LogP contribution in [0.15, 0.2) is 81.8 Å². The van der Waals surface area contributed by atoms with Crippen molar-refractivity contribution in [1.82, 2.24) is 20.6 Å². The number of carboxylic acid groups (broad SMARTS) is 1. The highest BCUT2D eigenvalue weighted by Gasteiger charge is 2.23. The molecular weight excluding hydrogens is 618 g/mol. The number of nitrogens with one attached hydrogen (secondary N) is 3. The van der Waals surface area contributed by atoms with E-state index in [1.807, 2.05) is 0 Å². The number of rotatable bonds is 9. The van der Waals surface area contributed by atoms with E-state index in [2.05, 4.69) is 31.2 Å². The lowest BCUT2D eigenvalue weighted by molar-refractivity contribution is -0.139. The van der Waals surface area contributed by atoms with E-state index in [1.54, 1.807) is 45.0 Å². The average molecular weight is 647 g/mol. The van der Waals surface area contributed by atoms with E-state index in [0.29, 0.717) is 16.8 Å². The maximum Gasteiger partial charge on any atom is 0.412 e. The van der Waals surface area contributed by atoms with E-state index in [9.17, 15) is 23.9 Å². The number of carbonyl (C=O) groups excluding carboxylic acids is 2. The first-order chi connectivity index (χ1) is 22.3. The van der Waals surface area contributed by atoms with Crippen LogP contribution in [0.1, 0.15) is 26.3 Å². The lowest BCUT2D eigenvalue weighted by Gasteiger charge is -2.19. The minimum absolute atomic E-state index is 0.00532. The zero-order chi connectivity index (χ0) is 33.7. The monoisotopic (exact) mass is 646 g/mol. The maximum atomic E-state index is 15.1. The lowest BCUT2D eigenvalue weighted by atomic mass is 10.0. The molecule has 0 spiro atoms. The molecule has 0 radical (unpaired) electrons. The van der Waals surface area contributed by atoms with Crippen molar-refractivity contribution in [3.8, 4) is 34.2 Å². The van der Waals surface area contributed by atoms with Crippen LogP contribution < -0.4 is 16.0 Å². The molecule has 0 saturated heterocycles. The van der Waals surface area contributed by atoms with Gasteiger partial charge in [0, 0.05) is 29.3 Å². The van der Waals surface area contributed by atoms with Crippen LogP contribution in [0.2, 0.25) is 0 Å². The molecule has 0 bridgehead atoms. The Morgan fingerprint density at radius 3 is 2.26 bits per heavy atom. The van der Waals surface area contributed by atoms with Crippen LogP contribution in [0.3, 0.4) is 0 Å². The number of halogens is 2. The van der Waals surface area contributed by atoms with Crippen LogP contribution in [0.4, 0.5) is 29.9 Å². The van der Waals surface area contributed by atoms with Gasteiger partial charge in [-0.15, -0.1) is 0 Å². The molecule has 3 aromatic carbocycles. The number of aliphatic carboxylic acids is 1. The third kappa shape index (κ3) is 8.54. The van der Waals surface area contributed by atoms with Crippen molar-refractivity contribution < 1.29 is 42.1 Å². The van der Waals surface area contributed by atoms with Crippen molar-refractivity contribution in [1.29, 1.82) is 0 Å². The number of amides is 3. The summed E-state index contributed by atoms with van der Waals surface area (Å²) < 4.78 is 44.0. The van der Waals surface area contributed by atoms with Crippen LogP contribution >= 0.6 is 0 Å². The molecule has 0 fully saturated rings. The van der Waals surface area contributed by atoms with E-state index in [4.69, 9.17) is 13.8 Å². The molecule has 2 heterocycles. The second kappa shape index (κ2) is 13.5. The Labute approximate surface area is 265 Å². The quantitative estimate of drug-likeness (QED) is 0.138. The van der Waals surface area contributed by atoms with E-state index in [-0.39, 0.29) is 40.8 Å². The summed E-state index contributed by atoms with van der Waals surface area (Å²) in [5.74, 6) is -2.22. The normalized spacial score (nSPS) is 11.9. The topological polar surface area (TPSA) is 182 Å². The number of nitrogens with zero attached hydrogens (tertiary/aromatic N) is 3. The number of carboxylic acids is 1. The zero-order valence-electron chi connectivity index (χ0n) is 25.2. The predicted molar refractivity (Wildman–Crippen MR) is 164 cm³/mol. The minimum atomic E-state index is -1.42. The highest BCUT2D eigenvalue weighted by molar-refractivity contribution is 5.92. The van der Waals surface area contributed by atoms with E-state index >= 15 is 4.39 Å². The first-order valence-electron chi connectivity index (χ1n) is 14.1. The molecule has 0 aliphatic heterocycles. The van der Waals surface area contributed by atoms with Gasteiger partial charge in [-0.05, 0) is 87.0 Å². The van der Waals surface area contributed by atoms with E-state index in [0.717, 1.165) is 6.07 Å². The maximum absolute atomic E-state index is 15.1. The number of aromatic nitrogens is 3. The smallest absolute Gasteiger partial charge is 0.412 e. The number of anilines is 2. The van der Waals surface area contributed by atoms with Gasteiger partial charge in [-0.3, -0.25) is 10.6 Å². The van der Waals surface area contributed by atoms with Crippen LogP contribution in [-0.4, -0.2) is 50.1 Å². The van der Waals surface area contributed by atoms with Crippen LogP contribution in [0, 0.1) is 11.6 Å². The zero-order valence-corrected chi connectivity index (χ0v) is 25.2. The van der Waals surface area contributed by atoms with Gasteiger partial charge < -0.3 is 24.2 Å². The highest BCUT2D eigenvalue weighted by Crippen LogP contribution is 2.27. The summed E-state index contributed by atoms with van der Waals surface area (Å²) in [6, 6.07) is 14.9. The Hall–Kier alpha value is -6.12. The highest BCUT2D eigenvalue weighted by atomic mass is 19.1. The molecule has 242 valence electrons. The van der Waals surface area contributed by atoms with Crippen LogP contribution in [0.25, 0.3) is 34.2 Å². The first kappa shape index (κ1) is 32.3. The van der Waals surface area contributed by atoms with Gasteiger partial charge >= 0.3 is 18.1 Å². The van der Waals surface area contributed by atoms with Crippen molar-refractivity contribution in [3.63, 3.8) is 0 Å². The molecule has 2 aromatic heterocycles. The molecule has 13 nitrogen and oxygen atoms in total. The summed E-state index contributed by atoms with van der Waals surface area (Å²) in [5.41, 5.74) is 1.14. The second-order valence-electron chi connectivity index (χ2n) is 11.2. The Morgan fingerprint density at radius 1 is 0.894 bits per heavy atom. The van der Waals surface area contributed by atoms with Gasteiger partial charge in [-0.2, -0.15) is 4.98 Å². The fourth-order valence-electron chi connectivity index (χ4n) is 4.27. The number of ether oxygens (including phenoxy) is 1. The van der Waals surface area contributed by atoms with Gasteiger partial charge in [0.1, 0.15) is 23.3 Å². The molecular formula is C32H28F2N6O7. The summed E-state index contributed by atoms with van der Waals surface area (Å²) in [4.78, 5) is 40.6. The Bertz CT molecular complexity index is 1900. The van der Waals surface area contributed by atoms with Gasteiger partial charge in [0.15, 0.2) is 11.6 Å². The number of hydrogen-bond donors (Lipinski definition) is 4. The number of hydrogen-bond acceptors (Lipinski definition) is 9.